The fourth-order valence-electron chi connectivity index (χ4n) is 0.509. The molecule has 0 saturated carbocycles. The van der Waals surface area contributed by atoms with Crippen LogP contribution < -0.4 is 5.32 Å². The van der Waals surface area contributed by atoms with E-state index in [1.54, 1.807) is 6.92 Å². The Bertz CT molecular complexity index is 112. The smallest absolute Gasteiger partial charge is 0.249 e. The maximum Gasteiger partial charge on any atom is 0.249 e. The van der Waals surface area contributed by atoms with Gasteiger partial charge in [-0.1, -0.05) is 0 Å². The molecule has 0 aromatic heterocycles. The molecule has 0 aromatic carbocycles. The molecule has 0 aliphatic heterocycles. The largest absolute Gasteiger partial charge is 0.372 e. The van der Waals surface area contributed by atoms with Crippen molar-refractivity contribution in [1.82, 2.24) is 5.32 Å². The summed E-state index contributed by atoms with van der Waals surface area (Å²) in [5.41, 5.74) is 0. The van der Waals surface area contributed by atoms with Gasteiger partial charge in [0.05, 0.1) is 0 Å². The highest BCUT2D eigenvalue weighted by atomic mass is 16.5. The summed E-state index contributed by atoms with van der Waals surface area (Å²) >= 11 is 0. The Labute approximate surface area is 61.8 Å². The van der Waals surface area contributed by atoms with Crippen molar-refractivity contribution in [3.8, 4) is 0 Å². The molecule has 1 unspecified atom stereocenters. The van der Waals surface area contributed by atoms with E-state index in [2.05, 4.69) is 5.32 Å². The van der Waals surface area contributed by atoms with Crippen molar-refractivity contribution < 1.29 is 9.53 Å². The number of hydrogen-bond donors (Lipinski definition) is 1. The summed E-state index contributed by atoms with van der Waals surface area (Å²) in [5, 5.41) is 2.73. The molecule has 0 heterocycles. The molecule has 10 heavy (non-hydrogen) atoms. The lowest BCUT2D eigenvalue weighted by Gasteiger charge is -2.12. The molecule has 0 fully saturated rings. The fraction of sp³-hybridized carbons (Fsp3) is 0.857. The molecule has 0 saturated heterocycles. The van der Waals surface area contributed by atoms with Crippen LogP contribution in [0.4, 0.5) is 0 Å². The Morgan fingerprint density at radius 1 is 1.40 bits per heavy atom. The van der Waals surface area contributed by atoms with Crippen LogP contribution >= 0.6 is 0 Å². The summed E-state index contributed by atoms with van der Waals surface area (Å²) in [4.78, 5) is 10.9. The van der Waals surface area contributed by atoms with E-state index >= 15 is 0 Å². The third-order valence-electron chi connectivity index (χ3n) is 1.15. The van der Waals surface area contributed by atoms with Gasteiger partial charge < -0.3 is 10.1 Å². The minimum absolute atomic E-state index is 0.0579. The maximum absolute atomic E-state index is 10.9. The van der Waals surface area contributed by atoms with Crippen LogP contribution in [0, 0.1) is 0 Å². The highest BCUT2D eigenvalue weighted by molar-refractivity contribution is 5.80. The van der Waals surface area contributed by atoms with Crippen molar-refractivity contribution in [2.24, 2.45) is 0 Å². The van der Waals surface area contributed by atoms with Crippen molar-refractivity contribution in [3.63, 3.8) is 0 Å². The molecule has 60 valence electrons. The Balaban J connectivity index is 3.62. The summed E-state index contributed by atoms with van der Waals surface area (Å²) in [6.07, 6.45) is -0.345. The van der Waals surface area contributed by atoms with Gasteiger partial charge >= 0.3 is 0 Å². The van der Waals surface area contributed by atoms with Crippen LogP contribution in [0.15, 0.2) is 0 Å². The van der Waals surface area contributed by atoms with Crippen LogP contribution in [0.2, 0.25) is 0 Å². The quantitative estimate of drug-likeness (QED) is 0.629. The van der Waals surface area contributed by atoms with Crippen LogP contribution in [-0.2, 0) is 9.53 Å². The first-order valence-corrected chi connectivity index (χ1v) is 3.41. The predicted molar refractivity (Wildman–Crippen MR) is 39.7 cm³/mol. The average molecular weight is 145 g/mol. The van der Waals surface area contributed by atoms with Gasteiger partial charge in [0.15, 0.2) is 0 Å². The van der Waals surface area contributed by atoms with E-state index in [0.717, 1.165) is 0 Å². The zero-order chi connectivity index (χ0) is 8.15. The zero-order valence-electron chi connectivity index (χ0n) is 6.97. The standard InChI is InChI=1S/C7H15NO2/c1-5(2)8-7(9)6(3)10-4/h5-6H,1-4H3,(H,8,9). The lowest BCUT2D eigenvalue weighted by Crippen LogP contribution is -2.38. The Hall–Kier alpha value is -0.570. The molecule has 0 rings (SSSR count). The molecule has 3 nitrogen and oxygen atoms in total. The van der Waals surface area contributed by atoms with Gasteiger partial charge in [0, 0.05) is 13.2 Å². The highest BCUT2D eigenvalue weighted by Gasteiger charge is 2.10. The first kappa shape index (κ1) is 9.43. The van der Waals surface area contributed by atoms with E-state index in [-0.39, 0.29) is 18.1 Å². The van der Waals surface area contributed by atoms with Crippen LogP contribution in [-0.4, -0.2) is 25.2 Å². The molecule has 0 spiro atoms. The van der Waals surface area contributed by atoms with Crippen LogP contribution in [0.5, 0.6) is 0 Å². The molecule has 0 bridgehead atoms. The molecule has 1 atom stereocenters. The second kappa shape index (κ2) is 4.28. The van der Waals surface area contributed by atoms with E-state index in [1.807, 2.05) is 13.8 Å². The monoisotopic (exact) mass is 145 g/mol. The van der Waals surface area contributed by atoms with Crippen molar-refractivity contribution in [2.75, 3.05) is 7.11 Å². The number of carbonyl (C=O) groups excluding carboxylic acids is 1. The minimum Gasteiger partial charge on any atom is -0.372 e. The van der Waals surface area contributed by atoms with Gasteiger partial charge in [0.2, 0.25) is 5.91 Å². The molecule has 1 amide bonds. The third kappa shape index (κ3) is 3.45. The van der Waals surface area contributed by atoms with Crippen molar-refractivity contribution in [2.45, 2.75) is 32.9 Å². The van der Waals surface area contributed by atoms with Gasteiger partial charge in [-0.3, -0.25) is 4.79 Å². The van der Waals surface area contributed by atoms with E-state index < -0.39 is 0 Å². The molecule has 0 aromatic rings. The van der Waals surface area contributed by atoms with Gasteiger partial charge in [-0.15, -0.1) is 0 Å². The second-order valence-corrected chi connectivity index (χ2v) is 2.54. The Morgan fingerprint density at radius 3 is 2.20 bits per heavy atom. The number of amides is 1. The number of hydrogen-bond acceptors (Lipinski definition) is 2. The van der Waals surface area contributed by atoms with Gasteiger partial charge in [-0.05, 0) is 20.8 Å². The molecule has 0 aliphatic rings. The minimum atomic E-state index is -0.345. The first-order valence-electron chi connectivity index (χ1n) is 3.41. The number of carbonyl (C=O) groups is 1. The van der Waals surface area contributed by atoms with Crippen LogP contribution in [0.3, 0.4) is 0 Å². The van der Waals surface area contributed by atoms with Crippen LogP contribution in [0.1, 0.15) is 20.8 Å². The van der Waals surface area contributed by atoms with E-state index in [1.165, 1.54) is 7.11 Å². The summed E-state index contributed by atoms with van der Waals surface area (Å²) in [6.45, 7) is 5.55. The average Bonchev–Trinajstić information content (AvgIpc) is 1.85. The Morgan fingerprint density at radius 2 is 1.90 bits per heavy atom. The number of ether oxygens (including phenoxy) is 1. The molecular weight excluding hydrogens is 130 g/mol. The van der Waals surface area contributed by atoms with Gasteiger partial charge in [0.25, 0.3) is 0 Å². The fourth-order valence-corrected chi connectivity index (χ4v) is 0.509. The Kier molecular flexibility index (Phi) is 4.03. The number of methoxy groups -OCH3 is 1. The van der Waals surface area contributed by atoms with Crippen LogP contribution in [0.25, 0.3) is 0 Å². The lowest BCUT2D eigenvalue weighted by atomic mass is 10.3. The number of nitrogens with one attached hydrogen (secondary N) is 1. The van der Waals surface area contributed by atoms with Gasteiger partial charge in [-0.25, -0.2) is 0 Å². The molecule has 0 radical (unpaired) electrons. The second-order valence-electron chi connectivity index (χ2n) is 2.54. The predicted octanol–water partition coefficient (Wildman–Crippen LogP) is 0.546. The molecule has 1 N–H and O–H groups in total. The van der Waals surface area contributed by atoms with Crippen molar-refractivity contribution in [1.29, 1.82) is 0 Å². The van der Waals surface area contributed by atoms with Crippen molar-refractivity contribution in [3.05, 3.63) is 0 Å². The zero-order valence-corrected chi connectivity index (χ0v) is 6.97. The molecular formula is C7H15NO2. The molecule has 3 heteroatoms. The number of rotatable bonds is 3. The van der Waals surface area contributed by atoms with Gasteiger partial charge in [0.1, 0.15) is 6.10 Å². The molecule has 0 aliphatic carbocycles. The SMILES string of the molecule is COC(C)C(=O)NC(C)C. The third-order valence-corrected chi connectivity index (χ3v) is 1.15. The highest BCUT2D eigenvalue weighted by Crippen LogP contribution is 1.88. The summed E-state index contributed by atoms with van der Waals surface area (Å²) in [5.74, 6) is -0.0579. The summed E-state index contributed by atoms with van der Waals surface area (Å²) in [6, 6.07) is 0.185. The van der Waals surface area contributed by atoms with Gasteiger partial charge in [-0.2, -0.15) is 0 Å². The van der Waals surface area contributed by atoms with E-state index in [4.69, 9.17) is 4.74 Å². The first-order chi connectivity index (χ1) is 4.57. The van der Waals surface area contributed by atoms with E-state index in [9.17, 15) is 4.79 Å². The summed E-state index contributed by atoms with van der Waals surface area (Å²) in [7, 11) is 1.52. The van der Waals surface area contributed by atoms with E-state index in [0.29, 0.717) is 0 Å². The normalized spacial score (nSPS) is 13.3. The van der Waals surface area contributed by atoms with Crippen molar-refractivity contribution >= 4 is 5.91 Å². The maximum atomic E-state index is 10.9. The topological polar surface area (TPSA) is 38.3 Å². The lowest BCUT2D eigenvalue weighted by molar-refractivity contribution is -0.130. The summed E-state index contributed by atoms with van der Waals surface area (Å²) < 4.78 is 4.80.